The molecule has 1 rings (SSSR count). The lowest BCUT2D eigenvalue weighted by Gasteiger charge is -2.34. The molecule has 1 fully saturated rings. The highest BCUT2D eigenvalue weighted by Crippen LogP contribution is 2.12. The van der Waals surface area contributed by atoms with E-state index in [0.29, 0.717) is 18.4 Å². The van der Waals surface area contributed by atoms with Crippen LogP contribution in [0.3, 0.4) is 0 Å². The predicted octanol–water partition coefficient (Wildman–Crippen LogP) is 1.02. The van der Waals surface area contributed by atoms with E-state index >= 15 is 0 Å². The predicted molar refractivity (Wildman–Crippen MR) is 62.8 cm³/mol. The molecule has 4 nitrogen and oxygen atoms in total. The number of piperazine rings is 1. The zero-order valence-electron chi connectivity index (χ0n) is 10.6. The van der Waals surface area contributed by atoms with Gasteiger partial charge in [0.15, 0.2) is 0 Å². The van der Waals surface area contributed by atoms with E-state index in [1.807, 2.05) is 0 Å². The van der Waals surface area contributed by atoms with Crippen LogP contribution in [0, 0.1) is 11.8 Å². The fourth-order valence-electron chi connectivity index (χ4n) is 2.00. The molecule has 0 aromatic heterocycles. The van der Waals surface area contributed by atoms with Gasteiger partial charge < -0.3 is 10.2 Å². The molecule has 0 saturated carbocycles. The number of carbonyl (C=O) groups is 2. The van der Waals surface area contributed by atoms with Crippen LogP contribution in [-0.2, 0) is 9.59 Å². The first-order chi connectivity index (χ1) is 7.40. The van der Waals surface area contributed by atoms with Gasteiger partial charge in [0.2, 0.25) is 11.8 Å². The van der Waals surface area contributed by atoms with Crippen LogP contribution in [-0.4, -0.2) is 35.8 Å². The third kappa shape index (κ3) is 3.51. The van der Waals surface area contributed by atoms with Gasteiger partial charge in [-0.3, -0.25) is 9.59 Å². The first-order valence-electron chi connectivity index (χ1n) is 5.98. The van der Waals surface area contributed by atoms with Crippen LogP contribution in [0.1, 0.15) is 34.1 Å². The Balaban J connectivity index is 2.66. The molecule has 16 heavy (non-hydrogen) atoms. The fraction of sp³-hybridized carbons (Fsp3) is 0.833. The Morgan fingerprint density at radius 3 is 2.38 bits per heavy atom. The maximum atomic E-state index is 12.1. The number of nitrogens with one attached hydrogen (secondary N) is 1. The van der Waals surface area contributed by atoms with Crippen molar-refractivity contribution in [1.29, 1.82) is 0 Å². The van der Waals surface area contributed by atoms with E-state index in [1.165, 1.54) is 0 Å². The summed E-state index contributed by atoms with van der Waals surface area (Å²) in [7, 11) is 0. The molecule has 0 spiro atoms. The molecule has 1 atom stereocenters. The molecule has 1 aliphatic rings. The van der Waals surface area contributed by atoms with Gasteiger partial charge in [0.1, 0.15) is 6.04 Å². The molecular formula is C12H22N2O2. The van der Waals surface area contributed by atoms with E-state index in [-0.39, 0.29) is 24.4 Å². The lowest BCUT2D eigenvalue weighted by molar-refractivity contribution is -0.145. The summed E-state index contributed by atoms with van der Waals surface area (Å²) in [6.45, 7) is 9.10. The van der Waals surface area contributed by atoms with E-state index in [1.54, 1.807) is 4.90 Å². The third-order valence-electron chi connectivity index (χ3n) is 2.57. The second-order valence-electron chi connectivity index (χ2n) is 5.36. The monoisotopic (exact) mass is 226 g/mol. The molecule has 1 saturated heterocycles. The van der Waals surface area contributed by atoms with Crippen molar-refractivity contribution in [3.05, 3.63) is 0 Å². The molecule has 1 aliphatic heterocycles. The highest BCUT2D eigenvalue weighted by atomic mass is 16.2. The minimum atomic E-state index is -0.319. The van der Waals surface area contributed by atoms with Crippen molar-refractivity contribution in [3.8, 4) is 0 Å². The van der Waals surface area contributed by atoms with Gasteiger partial charge in [-0.15, -0.1) is 0 Å². The minimum Gasteiger partial charge on any atom is -0.343 e. The second-order valence-corrected chi connectivity index (χ2v) is 5.36. The molecular weight excluding hydrogens is 204 g/mol. The molecule has 0 radical (unpaired) electrons. The molecule has 1 heterocycles. The smallest absolute Gasteiger partial charge is 0.245 e. The molecule has 92 valence electrons. The molecule has 0 aliphatic carbocycles. The summed E-state index contributed by atoms with van der Waals surface area (Å²) >= 11 is 0. The number of nitrogens with zero attached hydrogens (tertiary/aromatic N) is 1. The Kier molecular flexibility index (Phi) is 4.33. The van der Waals surface area contributed by atoms with Crippen molar-refractivity contribution >= 4 is 11.8 Å². The molecule has 2 amide bonds. The largest absolute Gasteiger partial charge is 0.343 e. The molecule has 1 unspecified atom stereocenters. The van der Waals surface area contributed by atoms with Crippen LogP contribution in [0.25, 0.3) is 0 Å². The lowest BCUT2D eigenvalue weighted by atomic mass is 10.0. The van der Waals surface area contributed by atoms with Gasteiger partial charge in [-0.1, -0.05) is 27.7 Å². The normalized spacial score (nSPS) is 21.9. The van der Waals surface area contributed by atoms with Crippen molar-refractivity contribution in [1.82, 2.24) is 10.2 Å². The summed E-state index contributed by atoms with van der Waals surface area (Å²) in [6.07, 6.45) is 0.721. The highest BCUT2D eigenvalue weighted by Gasteiger charge is 2.32. The van der Waals surface area contributed by atoms with Crippen molar-refractivity contribution in [2.75, 3.05) is 13.1 Å². The topological polar surface area (TPSA) is 49.4 Å². The lowest BCUT2D eigenvalue weighted by Crippen LogP contribution is -2.58. The van der Waals surface area contributed by atoms with Gasteiger partial charge in [-0.2, -0.15) is 0 Å². The number of amides is 2. The van der Waals surface area contributed by atoms with E-state index in [0.717, 1.165) is 6.42 Å². The number of rotatable bonds is 4. The van der Waals surface area contributed by atoms with E-state index < -0.39 is 0 Å². The van der Waals surface area contributed by atoms with E-state index in [9.17, 15) is 9.59 Å². The molecule has 0 aromatic rings. The van der Waals surface area contributed by atoms with Crippen molar-refractivity contribution in [2.45, 2.75) is 40.2 Å². The SMILES string of the molecule is CC(C)CC1NC(=O)CN(CC(C)C)C1=O. The standard InChI is InChI=1S/C12H22N2O2/c1-8(2)5-10-12(16)14(6-9(3)4)7-11(15)13-10/h8-10H,5-7H2,1-4H3,(H,13,15). The number of hydrogen-bond acceptors (Lipinski definition) is 2. The van der Waals surface area contributed by atoms with Gasteiger partial charge in [0.25, 0.3) is 0 Å². The van der Waals surface area contributed by atoms with Crippen LogP contribution in [0.4, 0.5) is 0 Å². The zero-order chi connectivity index (χ0) is 12.3. The quantitative estimate of drug-likeness (QED) is 0.778. The van der Waals surface area contributed by atoms with Gasteiger partial charge in [0.05, 0.1) is 6.54 Å². The third-order valence-corrected chi connectivity index (χ3v) is 2.57. The van der Waals surface area contributed by atoms with Crippen LogP contribution < -0.4 is 5.32 Å². The van der Waals surface area contributed by atoms with Gasteiger partial charge in [-0.25, -0.2) is 0 Å². The average molecular weight is 226 g/mol. The second kappa shape index (κ2) is 5.32. The summed E-state index contributed by atoms with van der Waals surface area (Å²) in [6, 6.07) is -0.319. The van der Waals surface area contributed by atoms with E-state index in [4.69, 9.17) is 0 Å². The van der Waals surface area contributed by atoms with Crippen LogP contribution in [0.2, 0.25) is 0 Å². The van der Waals surface area contributed by atoms with Gasteiger partial charge >= 0.3 is 0 Å². The summed E-state index contributed by atoms with van der Waals surface area (Å²) in [4.78, 5) is 25.2. The Bertz CT molecular complexity index is 250. The summed E-state index contributed by atoms with van der Waals surface area (Å²) in [5, 5.41) is 2.77. The summed E-state index contributed by atoms with van der Waals surface area (Å²) in [5.41, 5.74) is 0. The molecule has 1 N–H and O–H groups in total. The zero-order valence-corrected chi connectivity index (χ0v) is 10.6. The summed E-state index contributed by atoms with van der Waals surface area (Å²) < 4.78 is 0. The van der Waals surface area contributed by atoms with Crippen molar-refractivity contribution in [3.63, 3.8) is 0 Å². The van der Waals surface area contributed by atoms with Gasteiger partial charge in [0, 0.05) is 6.54 Å². The molecule has 0 aromatic carbocycles. The first kappa shape index (κ1) is 13.0. The Morgan fingerprint density at radius 2 is 1.88 bits per heavy atom. The fourth-order valence-corrected chi connectivity index (χ4v) is 2.00. The van der Waals surface area contributed by atoms with Crippen LogP contribution >= 0.6 is 0 Å². The number of carbonyl (C=O) groups excluding carboxylic acids is 2. The average Bonchev–Trinajstić information content (AvgIpc) is 2.11. The van der Waals surface area contributed by atoms with Crippen LogP contribution in [0.15, 0.2) is 0 Å². The van der Waals surface area contributed by atoms with Crippen molar-refractivity contribution in [2.24, 2.45) is 11.8 Å². The first-order valence-corrected chi connectivity index (χ1v) is 5.98. The highest BCUT2D eigenvalue weighted by molar-refractivity contribution is 5.94. The van der Waals surface area contributed by atoms with Crippen molar-refractivity contribution < 1.29 is 9.59 Å². The Morgan fingerprint density at radius 1 is 1.25 bits per heavy atom. The minimum absolute atomic E-state index is 0.0362. The molecule has 4 heteroatoms. The Labute approximate surface area is 97.4 Å². The van der Waals surface area contributed by atoms with Gasteiger partial charge in [-0.05, 0) is 18.3 Å². The maximum Gasteiger partial charge on any atom is 0.245 e. The number of hydrogen-bond donors (Lipinski definition) is 1. The maximum absolute atomic E-state index is 12.1. The summed E-state index contributed by atoms with van der Waals surface area (Å²) in [5.74, 6) is 0.843. The van der Waals surface area contributed by atoms with Crippen LogP contribution in [0.5, 0.6) is 0 Å². The van der Waals surface area contributed by atoms with E-state index in [2.05, 4.69) is 33.0 Å². The molecule has 0 bridgehead atoms. The Hall–Kier alpha value is -1.06.